The van der Waals surface area contributed by atoms with Crippen molar-refractivity contribution < 1.29 is 13.2 Å². The number of amides is 1. The van der Waals surface area contributed by atoms with Gasteiger partial charge in [0.2, 0.25) is 10.0 Å². The summed E-state index contributed by atoms with van der Waals surface area (Å²) in [5.74, 6) is 1.70. The third kappa shape index (κ3) is 5.83. The van der Waals surface area contributed by atoms with Crippen LogP contribution < -0.4 is 9.21 Å². The van der Waals surface area contributed by atoms with Crippen LogP contribution >= 0.6 is 11.8 Å². The van der Waals surface area contributed by atoms with E-state index in [-0.39, 0.29) is 5.91 Å². The fourth-order valence-electron chi connectivity index (χ4n) is 3.78. The van der Waals surface area contributed by atoms with Crippen LogP contribution in [-0.4, -0.2) is 39.9 Å². The number of carbonyl (C=O) groups excluding carboxylic acids is 1. The summed E-state index contributed by atoms with van der Waals surface area (Å²) in [6.07, 6.45) is 5.71. The topological polar surface area (TPSA) is 57.7 Å². The Morgan fingerprint density at radius 2 is 1.90 bits per heavy atom. The lowest BCUT2D eigenvalue weighted by Gasteiger charge is -2.23. The average Bonchev–Trinajstić information content (AvgIpc) is 3.14. The molecule has 1 amide bonds. The Kier molecular flexibility index (Phi) is 7.70. The predicted molar refractivity (Wildman–Crippen MR) is 131 cm³/mol. The molecule has 3 rings (SSSR count). The first-order chi connectivity index (χ1) is 14.7. The molecule has 1 aliphatic heterocycles. The van der Waals surface area contributed by atoms with Gasteiger partial charge in [0.1, 0.15) is 0 Å². The van der Waals surface area contributed by atoms with Crippen LogP contribution in [0.25, 0.3) is 0 Å². The molecule has 0 atom stereocenters. The number of hydrogen-bond acceptors (Lipinski definition) is 4. The first kappa shape index (κ1) is 23.7. The van der Waals surface area contributed by atoms with Crippen molar-refractivity contribution in [1.82, 2.24) is 0 Å². The quantitative estimate of drug-likeness (QED) is 0.381. The van der Waals surface area contributed by atoms with Gasteiger partial charge in [-0.1, -0.05) is 38.8 Å². The van der Waals surface area contributed by atoms with Crippen LogP contribution in [0.4, 0.5) is 11.4 Å². The van der Waals surface area contributed by atoms with Crippen molar-refractivity contribution in [2.45, 2.75) is 44.4 Å². The molecular formula is C24H32N2O3S2. The molecule has 0 bridgehead atoms. The van der Waals surface area contributed by atoms with Gasteiger partial charge in [-0.3, -0.25) is 9.10 Å². The van der Waals surface area contributed by atoms with Crippen molar-refractivity contribution in [2.24, 2.45) is 5.92 Å². The first-order valence-corrected chi connectivity index (χ1v) is 13.6. The van der Waals surface area contributed by atoms with Gasteiger partial charge in [-0.25, -0.2) is 8.42 Å². The summed E-state index contributed by atoms with van der Waals surface area (Å²) in [5.41, 5.74) is 2.89. The van der Waals surface area contributed by atoms with Crippen molar-refractivity contribution >= 4 is 39.1 Å². The summed E-state index contributed by atoms with van der Waals surface area (Å²) in [6, 6.07) is 13.2. The van der Waals surface area contributed by atoms with Crippen LogP contribution in [0.2, 0.25) is 0 Å². The van der Waals surface area contributed by atoms with Gasteiger partial charge in [-0.2, -0.15) is 0 Å². The standard InChI is InChI=1S/C24H32N2O3S2/c1-18(2)9-7-8-16-30-20-12-13-22-19(17-20)14-15-26(22)24(27)21-10-5-6-11-23(21)25(3)31(4,28)29/h5-6,10-13,17-18H,7-9,14-16H2,1-4H3. The molecule has 0 saturated heterocycles. The van der Waals surface area contributed by atoms with Crippen molar-refractivity contribution in [1.29, 1.82) is 0 Å². The third-order valence-electron chi connectivity index (χ3n) is 5.61. The molecule has 0 fully saturated rings. The maximum Gasteiger partial charge on any atom is 0.260 e. The number of fused-ring (bicyclic) bond motifs is 1. The van der Waals surface area contributed by atoms with E-state index in [0.717, 1.165) is 34.3 Å². The normalized spacial score (nSPS) is 13.5. The molecule has 0 unspecified atom stereocenters. The van der Waals surface area contributed by atoms with Gasteiger partial charge in [-0.15, -0.1) is 11.8 Å². The molecule has 2 aromatic carbocycles. The molecule has 0 aromatic heterocycles. The van der Waals surface area contributed by atoms with E-state index in [1.165, 1.54) is 36.8 Å². The lowest BCUT2D eigenvalue weighted by Crippen LogP contribution is -2.32. The fraction of sp³-hybridized carbons (Fsp3) is 0.458. The zero-order valence-electron chi connectivity index (χ0n) is 18.8. The number of unbranched alkanes of at least 4 members (excludes halogenated alkanes) is 1. The van der Waals surface area contributed by atoms with Crippen LogP contribution in [0.1, 0.15) is 49.0 Å². The summed E-state index contributed by atoms with van der Waals surface area (Å²) in [6.45, 7) is 5.13. The lowest BCUT2D eigenvalue weighted by atomic mass is 10.1. The smallest absolute Gasteiger partial charge is 0.260 e. The fourth-order valence-corrected chi connectivity index (χ4v) is 5.27. The molecule has 0 spiro atoms. The second-order valence-corrected chi connectivity index (χ2v) is 11.7. The molecule has 0 radical (unpaired) electrons. The van der Waals surface area contributed by atoms with E-state index in [1.807, 2.05) is 17.8 Å². The number of rotatable bonds is 9. The Morgan fingerprint density at radius 3 is 2.61 bits per heavy atom. The number of nitrogens with zero attached hydrogens (tertiary/aromatic N) is 2. The molecule has 7 heteroatoms. The molecule has 1 heterocycles. The highest BCUT2D eigenvalue weighted by atomic mass is 32.2. The molecule has 1 aliphatic rings. The van der Waals surface area contributed by atoms with Crippen molar-refractivity contribution in [3.8, 4) is 0 Å². The van der Waals surface area contributed by atoms with E-state index in [2.05, 4.69) is 26.0 Å². The van der Waals surface area contributed by atoms with Crippen molar-refractivity contribution in [3.05, 3.63) is 53.6 Å². The molecule has 2 aromatic rings. The first-order valence-electron chi connectivity index (χ1n) is 10.8. The Bertz CT molecular complexity index is 1030. The molecule has 31 heavy (non-hydrogen) atoms. The molecule has 0 N–H and O–H groups in total. The van der Waals surface area contributed by atoms with Gasteiger partial charge < -0.3 is 4.90 Å². The summed E-state index contributed by atoms with van der Waals surface area (Å²) in [4.78, 5) is 16.4. The zero-order valence-corrected chi connectivity index (χ0v) is 20.4. The second-order valence-electron chi connectivity index (χ2n) is 8.48. The van der Waals surface area contributed by atoms with Gasteiger partial charge in [0.15, 0.2) is 0 Å². The number of hydrogen-bond donors (Lipinski definition) is 0. The van der Waals surface area contributed by atoms with Crippen LogP contribution in [0.3, 0.4) is 0 Å². The number of benzene rings is 2. The van der Waals surface area contributed by atoms with Crippen molar-refractivity contribution in [3.63, 3.8) is 0 Å². The molecular weight excluding hydrogens is 428 g/mol. The van der Waals surface area contributed by atoms with Crippen molar-refractivity contribution in [2.75, 3.05) is 34.8 Å². The van der Waals surface area contributed by atoms with Crippen LogP contribution in [0.5, 0.6) is 0 Å². The molecule has 0 aliphatic carbocycles. The predicted octanol–water partition coefficient (Wildman–Crippen LogP) is 5.20. The zero-order chi connectivity index (χ0) is 22.6. The summed E-state index contributed by atoms with van der Waals surface area (Å²) < 4.78 is 25.2. The number of anilines is 2. The second kappa shape index (κ2) is 10.1. The van der Waals surface area contributed by atoms with E-state index >= 15 is 0 Å². The van der Waals surface area contributed by atoms with Gasteiger partial charge in [0, 0.05) is 24.2 Å². The SMILES string of the molecule is CC(C)CCCCSc1ccc2c(c1)CCN2C(=O)c1ccccc1N(C)S(C)(=O)=O. The maximum absolute atomic E-state index is 13.3. The minimum absolute atomic E-state index is 0.168. The Balaban J connectivity index is 1.73. The van der Waals surface area contributed by atoms with Gasteiger partial charge in [-0.05, 0) is 60.4 Å². The van der Waals surface area contributed by atoms with Gasteiger partial charge in [0.25, 0.3) is 5.91 Å². The molecule has 0 saturated carbocycles. The largest absolute Gasteiger partial charge is 0.308 e. The monoisotopic (exact) mass is 460 g/mol. The molecule has 168 valence electrons. The number of thioether (sulfide) groups is 1. The van der Waals surface area contributed by atoms with Crippen LogP contribution in [-0.2, 0) is 16.4 Å². The van der Waals surface area contributed by atoms with E-state index in [4.69, 9.17) is 0 Å². The highest BCUT2D eigenvalue weighted by Gasteiger charge is 2.29. The van der Waals surface area contributed by atoms with E-state index in [9.17, 15) is 13.2 Å². The number of sulfonamides is 1. The van der Waals surface area contributed by atoms with Crippen LogP contribution in [0.15, 0.2) is 47.4 Å². The Labute approximate surface area is 190 Å². The highest BCUT2D eigenvalue weighted by Crippen LogP contribution is 2.34. The minimum Gasteiger partial charge on any atom is -0.308 e. The summed E-state index contributed by atoms with van der Waals surface area (Å²) >= 11 is 1.88. The number of para-hydroxylation sites is 1. The summed E-state index contributed by atoms with van der Waals surface area (Å²) in [7, 11) is -1.98. The van der Waals surface area contributed by atoms with E-state index < -0.39 is 10.0 Å². The Morgan fingerprint density at radius 1 is 1.16 bits per heavy atom. The lowest BCUT2D eigenvalue weighted by molar-refractivity contribution is 0.0990. The molecule has 5 nitrogen and oxygen atoms in total. The maximum atomic E-state index is 13.3. The summed E-state index contributed by atoms with van der Waals surface area (Å²) in [5, 5.41) is 0. The van der Waals surface area contributed by atoms with Crippen LogP contribution in [0, 0.1) is 5.92 Å². The minimum atomic E-state index is -3.46. The van der Waals surface area contributed by atoms with E-state index in [1.54, 1.807) is 29.2 Å². The highest BCUT2D eigenvalue weighted by molar-refractivity contribution is 7.99. The average molecular weight is 461 g/mol. The van der Waals surface area contributed by atoms with Gasteiger partial charge in [0.05, 0.1) is 17.5 Å². The van der Waals surface area contributed by atoms with E-state index in [0.29, 0.717) is 17.8 Å². The Hall–Kier alpha value is -1.99. The van der Waals surface area contributed by atoms with Gasteiger partial charge >= 0.3 is 0 Å². The number of carbonyl (C=O) groups is 1. The third-order valence-corrected chi connectivity index (χ3v) is 7.88.